The molecule has 0 saturated carbocycles. The molecule has 0 spiro atoms. The van der Waals surface area contributed by atoms with E-state index < -0.39 is 5.91 Å². The molecule has 10 nitrogen and oxygen atoms in total. The first-order valence-corrected chi connectivity index (χ1v) is 5.89. The van der Waals surface area contributed by atoms with Crippen molar-refractivity contribution in [2.45, 2.75) is 11.7 Å². The molecule has 0 fully saturated rings. The van der Waals surface area contributed by atoms with Crippen molar-refractivity contribution in [3.63, 3.8) is 0 Å². The van der Waals surface area contributed by atoms with Crippen molar-refractivity contribution in [2.75, 3.05) is 11.5 Å². The van der Waals surface area contributed by atoms with E-state index in [0.29, 0.717) is 17.5 Å². The van der Waals surface area contributed by atoms with Gasteiger partial charge in [0.1, 0.15) is 0 Å². The third-order valence-electron chi connectivity index (χ3n) is 1.94. The van der Waals surface area contributed by atoms with E-state index in [-0.39, 0.29) is 11.6 Å². The average Bonchev–Trinajstić information content (AvgIpc) is 2.98. The third-order valence-corrected chi connectivity index (χ3v) is 2.76. The highest BCUT2D eigenvalue weighted by atomic mass is 32.2. The molecule has 0 aromatic carbocycles. The van der Waals surface area contributed by atoms with Gasteiger partial charge in [0.25, 0.3) is 5.91 Å². The summed E-state index contributed by atoms with van der Waals surface area (Å²) in [7, 11) is 0. The Morgan fingerprint density at radius 2 is 2.44 bits per heavy atom. The van der Waals surface area contributed by atoms with E-state index in [1.54, 1.807) is 0 Å². The minimum Gasteiger partial charge on any atom is -0.368 e. The number of nitrogens with one attached hydrogen (secondary N) is 2. The molecule has 0 bridgehead atoms. The van der Waals surface area contributed by atoms with Gasteiger partial charge in [-0.25, -0.2) is 10.9 Å². The zero-order valence-corrected chi connectivity index (χ0v) is 10.0. The zero-order valence-electron chi connectivity index (χ0n) is 9.20. The summed E-state index contributed by atoms with van der Waals surface area (Å²) in [6.07, 6.45) is 1.51. The van der Waals surface area contributed by atoms with E-state index >= 15 is 0 Å². The number of thioether (sulfide) groups is 1. The van der Waals surface area contributed by atoms with Crippen LogP contribution in [0.2, 0.25) is 0 Å². The predicted molar refractivity (Wildman–Crippen MR) is 63.2 cm³/mol. The SMILES string of the molecule is NNC(=O)c1cn(CCSc2n[nH]c(N)n2)nn1. The topological polar surface area (TPSA) is 153 Å². The van der Waals surface area contributed by atoms with Gasteiger partial charge < -0.3 is 5.73 Å². The molecule has 0 unspecified atom stereocenters. The Morgan fingerprint density at radius 3 is 3.11 bits per heavy atom. The minimum atomic E-state index is -0.476. The van der Waals surface area contributed by atoms with Crippen molar-refractivity contribution in [1.82, 2.24) is 35.6 Å². The summed E-state index contributed by atoms with van der Waals surface area (Å²) >= 11 is 1.41. The van der Waals surface area contributed by atoms with E-state index in [1.807, 2.05) is 5.43 Å². The molecule has 2 rings (SSSR count). The number of nitrogens with zero attached hydrogens (tertiary/aromatic N) is 5. The highest BCUT2D eigenvalue weighted by Gasteiger charge is 2.08. The van der Waals surface area contributed by atoms with E-state index in [0.717, 1.165) is 0 Å². The van der Waals surface area contributed by atoms with Gasteiger partial charge in [-0.1, -0.05) is 17.0 Å². The fourth-order valence-electron chi connectivity index (χ4n) is 1.14. The standard InChI is InChI=1S/C7H11N9OS/c8-6-10-7(14-13-6)18-2-1-16-3-4(12-15-16)5(17)11-9/h3H,1-2,9H2,(H,11,17)(H3,8,10,13,14). The molecule has 11 heteroatoms. The number of H-pyrrole nitrogens is 1. The van der Waals surface area contributed by atoms with Crippen molar-refractivity contribution in [3.05, 3.63) is 11.9 Å². The predicted octanol–water partition coefficient (Wildman–Crippen LogP) is -1.63. The normalized spacial score (nSPS) is 10.5. The molecule has 2 aromatic heterocycles. The van der Waals surface area contributed by atoms with Crippen molar-refractivity contribution < 1.29 is 4.79 Å². The van der Waals surface area contributed by atoms with Gasteiger partial charge in [0.2, 0.25) is 11.1 Å². The zero-order chi connectivity index (χ0) is 13.0. The number of nitrogens with two attached hydrogens (primary N) is 2. The highest BCUT2D eigenvalue weighted by molar-refractivity contribution is 7.99. The van der Waals surface area contributed by atoms with Crippen molar-refractivity contribution in [1.29, 1.82) is 0 Å². The van der Waals surface area contributed by atoms with Crippen LogP contribution in [0, 0.1) is 0 Å². The van der Waals surface area contributed by atoms with Gasteiger partial charge in [-0.05, 0) is 0 Å². The van der Waals surface area contributed by atoms with Gasteiger partial charge in [0.15, 0.2) is 5.69 Å². The van der Waals surface area contributed by atoms with Crippen molar-refractivity contribution in [3.8, 4) is 0 Å². The Hall–Kier alpha value is -2.14. The molecule has 2 heterocycles. The van der Waals surface area contributed by atoms with Gasteiger partial charge >= 0.3 is 0 Å². The number of amides is 1. The first-order chi connectivity index (χ1) is 8.69. The van der Waals surface area contributed by atoms with E-state index in [2.05, 4.69) is 25.5 Å². The second-order valence-corrected chi connectivity index (χ2v) is 4.25. The van der Waals surface area contributed by atoms with Crippen LogP contribution >= 0.6 is 11.8 Å². The summed E-state index contributed by atoms with van der Waals surface area (Å²) in [4.78, 5) is 15.1. The van der Waals surface area contributed by atoms with Crippen LogP contribution in [0.1, 0.15) is 10.5 Å². The number of anilines is 1. The molecule has 0 aliphatic carbocycles. The van der Waals surface area contributed by atoms with Crippen LogP contribution in [0.25, 0.3) is 0 Å². The summed E-state index contributed by atoms with van der Waals surface area (Å²) in [5.41, 5.74) is 7.54. The molecule has 0 radical (unpaired) electrons. The minimum absolute atomic E-state index is 0.171. The Kier molecular flexibility index (Phi) is 3.74. The number of carbonyl (C=O) groups excluding carboxylic acids is 1. The molecule has 1 amide bonds. The number of nitrogen functional groups attached to an aromatic ring is 2. The molecule has 0 aliphatic heterocycles. The number of aromatic amines is 1. The maximum absolute atomic E-state index is 11.1. The molecule has 0 aliphatic rings. The fourth-order valence-corrected chi connectivity index (χ4v) is 1.87. The lowest BCUT2D eigenvalue weighted by atomic mass is 10.5. The summed E-state index contributed by atoms with van der Waals surface area (Å²) in [5, 5.41) is 14.4. The van der Waals surface area contributed by atoms with Gasteiger partial charge in [0, 0.05) is 5.75 Å². The lowest BCUT2D eigenvalue weighted by Gasteiger charge is -1.97. The Labute approximate surface area is 105 Å². The van der Waals surface area contributed by atoms with Gasteiger partial charge in [-0.15, -0.1) is 10.2 Å². The Morgan fingerprint density at radius 1 is 1.61 bits per heavy atom. The van der Waals surface area contributed by atoms with E-state index in [1.165, 1.54) is 22.6 Å². The summed E-state index contributed by atoms with van der Waals surface area (Å²) < 4.78 is 1.54. The van der Waals surface area contributed by atoms with Gasteiger partial charge in [-0.3, -0.25) is 14.9 Å². The van der Waals surface area contributed by atoms with Gasteiger partial charge in [-0.2, -0.15) is 4.98 Å². The first-order valence-electron chi connectivity index (χ1n) is 4.91. The van der Waals surface area contributed by atoms with E-state index in [9.17, 15) is 4.79 Å². The van der Waals surface area contributed by atoms with Crippen LogP contribution in [-0.2, 0) is 6.54 Å². The molecule has 0 atom stereocenters. The smallest absolute Gasteiger partial charge is 0.287 e. The second kappa shape index (κ2) is 5.46. The number of hydrogen-bond donors (Lipinski definition) is 4. The third kappa shape index (κ3) is 2.95. The number of hydrazine groups is 1. The Balaban J connectivity index is 1.83. The molecule has 96 valence electrons. The van der Waals surface area contributed by atoms with Crippen LogP contribution in [0.4, 0.5) is 5.95 Å². The van der Waals surface area contributed by atoms with Crippen molar-refractivity contribution in [2.24, 2.45) is 5.84 Å². The molecule has 18 heavy (non-hydrogen) atoms. The molecule has 6 N–H and O–H groups in total. The monoisotopic (exact) mass is 269 g/mol. The Bertz CT molecular complexity index is 535. The van der Waals surface area contributed by atoms with Crippen LogP contribution in [0.3, 0.4) is 0 Å². The van der Waals surface area contributed by atoms with E-state index in [4.69, 9.17) is 11.6 Å². The maximum Gasteiger partial charge on any atom is 0.287 e. The number of aromatic nitrogens is 6. The van der Waals surface area contributed by atoms with Gasteiger partial charge in [0.05, 0.1) is 12.7 Å². The van der Waals surface area contributed by atoms with Crippen LogP contribution < -0.4 is 17.0 Å². The summed E-state index contributed by atoms with van der Waals surface area (Å²) in [6.45, 7) is 0.559. The number of rotatable bonds is 5. The molecular formula is C7H11N9OS. The number of hydrogen-bond acceptors (Lipinski definition) is 8. The quantitative estimate of drug-likeness (QED) is 0.218. The van der Waals surface area contributed by atoms with Crippen LogP contribution in [0.15, 0.2) is 11.4 Å². The largest absolute Gasteiger partial charge is 0.368 e. The maximum atomic E-state index is 11.1. The lowest BCUT2D eigenvalue weighted by Crippen LogP contribution is -2.30. The van der Waals surface area contributed by atoms with Crippen LogP contribution in [0.5, 0.6) is 0 Å². The fraction of sp³-hybridized carbons (Fsp3) is 0.286. The number of aryl methyl sites for hydroxylation is 1. The second-order valence-electron chi connectivity index (χ2n) is 3.19. The van der Waals surface area contributed by atoms with Crippen molar-refractivity contribution >= 4 is 23.6 Å². The van der Waals surface area contributed by atoms with Crippen LogP contribution in [-0.4, -0.2) is 41.8 Å². The number of carbonyl (C=O) groups is 1. The summed E-state index contributed by atoms with van der Waals surface area (Å²) in [5.74, 6) is 5.45. The summed E-state index contributed by atoms with van der Waals surface area (Å²) in [6, 6.07) is 0. The first kappa shape index (κ1) is 12.3. The highest BCUT2D eigenvalue weighted by Crippen LogP contribution is 2.12. The lowest BCUT2D eigenvalue weighted by molar-refractivity contribution is 0.0948. The molecule has 0 saturated heterocycles. The molecular weight excluding hydrogens is 258 g/mol. The average molecular weight is 269 g/mol. The molecule has 2 aromatic rings.